The first-order chi connectivity index (χ1) is 15.1. The van der Waals surface area contributed by atoms with Gasteiger partial charge in [0, 0.05) is 57.0 Å². The summed E-state index contributed by atoms with van der Waals surface area (Å²) in [6, 6.07) is 13.9. The van der Waals surface area contributed by atoms with Crippen molar-refractivity contribution in [1.82, 2.24) is 19.6 Å². The standard InChI is InChI=1S/C24H26N4O3/c1-26-16-20-15-19(8-9-21(20)25-26)17-4-6-18(7-5-17)23(29)27-10-12-28(13-11-27)24(30)22-3-2-14-31-22/h4-9,15-16,22H,2-3,10-14H2,1H3/t22-/m0/s1. The van der Waals surface area contributed by atoms with Crippen molar-refractivity contribution in [3.63, 3.8) is 0 Å². The van der Waals surface area contributed by atoms with Crippen LogP contribution in [0, 0.1) is 0 Å². The van der Waals surface area contributed by atoms with Crippen molar-refractivity contribution < 1.29 is 14.3 Å². The van der Waals surface area contributed by atoms with Gasteiger partial charge in [0.15, 0.2) is 0 Å². The molecule has 2 aliphatic rings. The predicted octanol–water partition coefficient (Wildman–Crippen LogP) is 2.70. The molecule has 3 aromatic rings. The minimum absolute atomic E-state index is 0.0125. The Bertz CT molecular complexity index is 1110. The Balaban J connectivity index is 1.23. The van der Waals surface area contributed by atoms with Crippen LogP contribution in [0.3, 0.4) is 0 Å². The van der Waals surface area contributed by atoms with Crippen molar-refractivity contribution in [3.05, 3.63) is 54.2 Å². The zero-order valence-corrected chi connectivity index (χ0v) is 17.7. The number of piperazine rings is 1. The van der Waals surface area contributed by atoms with E-state index in [-0.39, 0.29) is 17.9 Å². The first-order valence-corrected chi connectivity index (χ1v) is 10.8. The van der Waals surface area contributed by atoms with Gasteiger partial charge in [-0.15, -0.1) is 0 Å². The summed E-state index contributed by atoms with van der Waals surface area (Å²) in [5.41, 5.74) is 3.80. The van der Waals surface area contributed by atoms with Crippen molar-refractivity contribution in [2.75, 3.05) is 32.8 Å². The fourth-order valence-electron chi connectivity index (χ4n) is 4.42. The molecule has 1 atom stereocenters. The number of ether oxygens (including phenoxy) is 1. The monoisotopic (exact) mass is 418 g/mol. The molecule has 0 bridgehead atoms. The molecule has 3 heterocycles. The van der Waals surface area contributed by atoms with Gasteiger partial charge in [-0.25, -0.2) is 0 Å². The molecule has 160 valence electrons. The molecule has 2 aliphatic heterocycles. The summed E-state index contributed by atoms with van der Waals surface area (Å²) in [5.74, 6) is 0.0815. The molecule has 7 nitrogen and oxygen atoms in total. The Labute approximate surface area is 181 Å². The predicted molar refractivity (Wildman–Crippen MR) is 118 cm³/mol. The van der Waals surface area contributed by atoms with E-state index in [0.717, 1.165) is 34.9 Å². The third-order valence-electron chi connectivity index (χ3n) is 6.17. The number of nitrogens with zero attached hydrogens (tertiary/aromatic N) is 4. The highest BCUT2D eigenvalue weighted by Gasteiger charge is 2.31. The molecular formula is C24H26N4O3. The van der Waals surface area contributed by atoms with Crippen molar-refractivity contribution >= 4 is 22.7 Å². The van der Waals surface area contributed by atoms with Crippen LogP contribution in [0.4, 0.5) is 0 Å². The minimum Gasteiger partial charge on any atom is -0.368 e. The van der Waals surface area contributed by atoms with Crippen LogP contribution in [0.2, 0.25) is 0 Å². The van der Waals surface area contributed by atoms with E-state index in [1.165, 1.54) is 0 Å². The maximum absolute atomic E-state index is 12.9. The number of hydrogen-bond acceptors (Lipinski definition) is 4. The van der Waals surface area contributed by atoms with Crippen molar-refractivity contribution in [2.24, 2.45) is 7.05 Å². The zero-order valence-electron chi connectivity index (χ0n) is 17.7. The molecule has 0 spiro atoms. The third-order valence-corrected chi connectivity index (χ3v) is 6.17. The number of aryl methyl sites for hydroxylation is 1. The van der Waals surface area contributed by atoms with Crippen LogP contribution >= 0.6 is 0 Å². The molecule has 2 aromatic carbocycles. The Morgan fingerprint density at radius 2 is 1.68 bits per heavy atom. The van der Waals surface area contributed by atoms with E-state index in [0.29, 0.717) is 38.3 Å². The average Bonchev–Trinajstić information content (AvgIpc) is 3.47. The van der Waals surface area contributed by atoms with Gasteiger partial charge >= 0.3 is 0 Å². The van der Waals surface area contributed by atoms with Gasteiger partial charge < -0.3 is 14.5 Å². The Morgan fingerprint density at radius 3 is 2.39 bits per heavy atom. The number of aromatic nitrogens is 2. The van der Waals surface area contributed by atoms with Gasteiger partial charge in [0.2, 0.25) is 0 Å². The van der Waals surface area contributed by atoms with E-state index < -0.39 is 0 Å². The van der Waals surface area contributed by atoms with Crippen LogP contribution in [0.15, 0.2) is 48.7 Å². The quantitative estimate of drug-likeness (QED) is 0.656. The van der Waals surface area contributed by atoms with Crippen LogP contribution in [0.1, 0.15) is 23.2 Å². The summed E-state index contributed by atoms with van der Waals surface area (Å²) >= 11 is 0. The highest BCUT2D eigenvalue weighted by Crippen LogP contribution is 2.25. The summed E-state index contributed by atoms with van der Waals surface area (Å²) in [7, 11) is 1.91. The number of hydrogen-bond donors (Lipinski definition) is 0. The zero-order chi connectivity index (χ0) is 21.4. The Hall–Kier alpha value is -3.19. The van der Waals surface area contributed by atoms with Gasteiger partial charge in [0.1, 0.15) is 6.10 Å². The highest BCUT2D eigenvalue weighted by molar-refractivity contribution is 5.95. The molecule has 2 amide bonds. The molecule has 5 rings (SSSR count). The number of carbonyl (C=O) groups is 2. The number of benzene rings is 2. The van der Waals surface area contributed by atoms with Gasteiger partial charge in [-0.05, 0) is 48.2 Å². The molecule has 0 radical (unpaired) electrons. The average molecular weight is 418 g/mol. The van der Waals surface area contributed by atoms with Gasteiger partial charge in [0.25, 0.3) is 11.8 Å². The molecule has 31 heavy (non-hydrogen) atoms. The molecule has 0 unspecified atom stereocenters. The SMILES string of the molecule is Cn1cc2cc(-c3ccc(C(=O)N4CCN(C(=O)[C@@H]5CCCO5)CC4)cc3)ccc2n1. The number of fused-ring (bicyclic) bond motifs is 1. The molecule has 2 fully saturated rings. The number of rotatable bonds is 3. The Morgan fingerprint density at radius 1 is 0.968 bits per heavy atom. The maximum atomic E-state index is 12.9. The van der Waals surface area contributed by atoms with Crippen molar-refractivity contribution in [2.45, 2.75) is 18.9 Å². The van der Waals surface area contributed by atoms with Gasteiger partial charge in [-0.1, -0.05) is 18.2 Å². The van der Waals surface area contributed by atoms with E-state index in [9.17, 15) is 9.59 Å². The van der Waals surface area contributed by atoms with E-state index in [2.05, 4.69) is 17.2 Å². The fraction of sp³-hybridized carbons (Fsp3) is 0.375. The smallest absolute Gasteiger partial charge is 0.253 e. The molecular weight excluding hydrogens is 392 g/mol. The molecule has 0 N–H and O–H groups in total. The fourth-order valence-corrected chi connectivity index (χ4v) is 4.42. The van der Waals surface area contributed by atoms with Crippen LogP contribution in [-0.2, 0) is 16.6 Å². The summed E-state index contributed by atoms with van der Waals surface area (Å²) in [4.78, 5) is 29.1. The summed E-state index contributed by atoms with van der Waals surface area (Å²) in [6.45, 7) is 2.90. The lowest BCUT2D eigenvalue weighted by atomic mass is 10.0. The first kappa shape index (κ1) is 19.8. The lowest BCUT2D eigenvalue weighted by Crippen LogP contribution is -2.52. The second kappa shape index (κ2) is 8.15. The molecule has 0 aliphatic carbocycles. The summed E-state index contributed by atoms with van der Waals surface area (Å²) in [6.07, 6.45) is 3.46. The highest BCUT2D eigenvalue weighted by atomic mass is 16.5. The van der Waals surface area contributed by atoms with Gasteiger partial charge in [0.05, 0.1) is 5.52 Å². The molecule has 0 saturated carbocycles. The second-order valence-corrected chi connectivity index (χ2v) is 8.27. The second-order valence-electron chi connectivity index (χ2n) is 8.27. The number of carbonyl (C=O) groups excluding carboxylic acids is 2. The van der Waals surface area contributed by atoms with Crippen molar-refractivity contribution in [1.29, 1.82) is 0 Å². The summed E-state index contributed by atoms with van der Waals surface area (Å²) in [5, 5.41) is 5.50. The third kappa shape index (κ3) is 3.93. The van der Waals surface area contributed by atoms with Crippen LogP contribution < -0.4 is 0 Å². The molecule has 1 aromatic heterocycles. The van der Waals surface area contributed by atoms with Gasteiger partial charge in [-0.2, -0.15) is 5.10 Å². The van der Waals surface area contributed by atoms with E-state index in [4.69, 9.17) is 4.74 Å². The van der Waals surface area contributed by atoms with E-state index >= 15 is 0 Å². The van der Waals surface area contributed by atoms with E-state index in [1.807, 2.05) is 58.1 Å². The van der Waals surface area contributed by atoms with Crippen molar-refractivity contribution in [3.8, 4) is 11.1 Å². The van der Waals surface area contributed by atoms with Gasteiger partial charge in [-0.3, -0.25) is 14.3 Å². The van der Waals surface area contributed by atoms with Crippen LogP contribution in [-0.4, -0.2) is 70.3 Å². The van der Waals surface area contributed by atoms with Crippen LogP contribution in [0.25, 0.3) is 22.0 Å². The first-order valence-electron chi connectivity index (χ1n) is 10.8. The lowest BCUT2D eigenvalue weighted by Gasteiger charge is -2.35. The number of amides is 2. The summed E-state index contributed by atoms with van der Waals surface area (Å²) < 4.78 is 7.32. The topological polar surface area (TPSA) is 67.7 Å². The Kier molecular flexibility index (Phi) is 5.19. The maximum Gasteiger partial charge on any atom is 0.253 e. The molecule has 7 heteroatoms. The largest absolute Gasteiger partial charge is 0.368 e. The lowest BCUT2D eigenvalue weighted by molar-refractivity contribution is -0.142. The normalized spacial score (nSPS) is 19.2. The molecule has 2 saturated heterocycles. The van der Waals surface area contributed by atoms with E-state index in [1.54, 1.807) is 0 Å². The van der Waals surface area contributed by atoms with Crippen LogP contribution in [0.5, 0.6) is 0 Å². The minimum atomic E-state index is -0.291.